The van der Waals surface area contributed by atoms with E-state index >= 15 is 0 Å². The summed E-state index contributed by atoms with van der Waals surface area (Å²) in [7, 11) is 0. The zero-order valence-corrected chi connectivity index (χ0v) is 12.5. The lowest BCUT2D eigenvalue weighted by molar-refractivity contribution is -0.137. The Bertz CT molecular complexity index is 770. The van der Waals surface area contributed by atoms with Crippen LogP contribution in [0.25, 0.3) is 11.6 Å². The van der Waals surface area contributed by atoms with Gasteiger partial charge in [-0.2, -0.15) is 13.2 Å². The summed E-state index contributed by atoms with van der Waals surface area (Å²) in [6.45, 7) is 5.82. The molecule has 1 aliphatic heterocycles. The predicted molar refractivity (Wildman–Crippen MR) is 85.0 cm³/mol. The molecule has 0 unspecified atom stereocenters. The van der Waals surface area contributed by atoms with Crippen LogP contribution in [0.4, 0.5) is 13.2 Å². The van der Waals surface area contributed by atoms with Crippen molar-refractivity contribution < 1.29 is 17.9 Å². The Hall–Kier alpha value is -2.49. The van der Waals surface area contributed by atoms with Gasteiger partial charge in [0.25, 0.3) is 0 Å². The van der Waals surface area contributed by atoms with Crippen molar-refractivity contribution in [2.45, 2.75) is 19.2 Å². The molecule has 0 fully saturated rings. The number of halogens is 3. The highest BCUT2D eigenvalue weighted by Gasteiger charge is 2.31. The number of fused-ring (bicyclic) bond motifs is 1. The quantitative estimate of drug-likeness (QED) is 0.657. The van der Waals surface area contributed by atoms with Gasteiger partial charge in [-0.25, -0.2) is 0 Å². The van der Waals surface area contributed by atoms with E-state index in [1.165, 1.54) is 12.1 Å². The van der Waals surface area contributed by atoms with Gasteiger partial charge in [-0.3, -0.25) is 0 Å². The molecule has 0 N–H and O–H groups in total. The molecule has 0 saturated heterocycles. The zero-order chi connectivity index (χ0) is 16.6. The van der Waals surface area contributed by atoms with Gasteiger partial charge in [-0.05, 0) is 42.3 Å². The Kier molecular flexibility index (Phi) is 3.76. The molecule has 0 amide bonds. The Labute approximate surface area is 132 Å². The molecule has 0 aliphatic carbocycles. The fourth-order valence-corrected chi connectivity index (χ4v) is 2.61. The molecule has 0 saturated carbocycles. The molecule has 118 valence electrons. The van der Waals surface area contributed by atoms with Crippen molar-refractivity contribution in [2.24, 2.45) is 0 Å². The van der Waals surface area contributed by atoms with Crippen molar-refractivity contribution in [3.63, 3.8) is 0 Å². The van der Waals surface area contributed by atoms with Gasteiger partial charge >= 0.3 is 6.18 Å². The van der Waals surface area contributed by atoms with E-state index in [2.05, 4.69) is 6.58 Å². The first kappa shape index (κ1) is 15.4. The van der Waals surface area contributed by atoms with Crippen LogP contribution in [0, 0.1) is 0 Å². The van der Waals surface area contributed by atoms with Crippen LogP contribution in [-0.2, 0) is 6.18 Å². The van der Waals surface area contributed by atoms with E-state index in [1.54, 1.807) is 0 Å². The maximum Gasteiger partial charge on any atom is 0.416 e. The largest absolute Gasteiger partial charge is 0.481 e. The standard InChI is InChI=1S/C19H15F3O/c1-12(2)18-16(15-5-3-4-6-17(15)23-18)11-13-7-9-14(10-8-13)19(20,21)22/h3-11,18H,1H2,2H3/b16-11+/t18-/m1/s1. The second-order valence-electron chi connectivity index (χ2n) is 5.56. The second kappa shape index (κ2) is 5.61. The molecule has 0 bridgehead atoms. The van der Waals surface area contributed by atoms with E-state index in [0.29, 0.717) is 5.56 Å². The third-order valence-corrected chi connectivity index (χ3v) is 3.73. The summed E-state index contributed by atoms with van der Waals surface area (Å²) in [5.74, 6) is 0.763. The molecule has 1 atom stereocenters. The number of rotatable bonds is 2. The number of hydrogen-bond acceptors (Lipinski definition) is 1. The Morgan fingerprint density at radius 3 is 2.35 bits per heavy atom. The van der Waals surface area contributed by atoms with Crippen molar-refractivity contribution in [3.05, 3.63) is 77.4 Å². The molecule has 23 heavy (non-hydrogen) atoms. The lowest BCUT2D eigenvalue weighted by Gasteiger charge is -2.12. The van der Waals surface area contributed by atoms with Crippen LogP contribution in [0.15, 0.2) is 60.7 Å². The van der Waals surface area contributed by atoms with Crippen molar-refractivity contribution >= 4 is 11.6 Å². The summed E-state index contributed by atoms with van der Waals surface area (Å²) < 4.78 is 43.8. The average Bonchev–Trinajstić information content (AvgIpc) is 2.86. The van der Waals surface area contributed by atoms with Crippen LogP contribution in [0.5, 0.6) is 5.75 Å². The molecule has 3 rings (SSSR count). The molecular formula is C19H15F3O. The van der Waals surface area contributed by atoms with E-state index in [4.69, 9.17) is 4.74 Å². The van der Waals surface area contributed by atoms with Gasteiger partial charge in [0.15, 0.2) is 0 Å². The van der Waals surface area contributed by atoms with Gasteiger partial charge in [0.05, 0.1) is 5.56 Å². The highest BCUT2D eigenvalue weighted by molar-refractivity contribution is 5.90. The van der Waals surface area contributed by atoms with Crippen molar-refractivity contribution in [3.8, 4) is 5.75 Å². The monoisotopic (exact) mass is 316 g/mol. The van der Waals surface area contributed by atoms with Crippen molar-refractivity contribution in [2.75, 3.05) is 0 Å². The fourth-order valence-electron chi connectivity index (χ4n) is 2.61. The van der Waals surface area contributed by atoms with Crippen LogP contribution in [0.1, 0.15) is 23.6 Å². The first-order chi connectivity index (χ1) is 10.9. The van der Waals surface area contributed by atoms with Crippen LogP contribution in [0.3, 0.4) is 0 Å². The van der Waals surface area contributed by atoms with Crippen LogP contribution in [-0.4, -0.2) is 6.10 Å². The van der Waals surface area contributed by atoms with Crippen LogP contribution < -0.4 is 4.74 Å². The molecule has 2 aromatic rings. The molecule has 2 aromatic carbocycles. The summed E-state index contributed by atoms with van der Waals surface area (Å²) in [5.41, 5.74) is 2.74. The zero-order valence-electron chi connectivity index (χ0n) is 12.5. The van der Waals surface area contributed by atoms with Gasteiger partial charge < -0.3 is 4.74 Å². The first-order valence-electron chi connectivity index (χ1n) is 7.16. The average molecular weight is 316 g/mol. The van der Waals surface area contributed by atoms with Gasteiger partial charge in [0, 0.05) is 11.1 Å². The maximum absolute atomic E-state index is 12.6. The normalized spacial score (nSPS) is 18.6. The molecule has 1 aliphatic rings. The summed E-state index contributed by atoms with van der Waals surface area (Å²) in [5, 5.41) is 0. The Balaban J connectivity index is 2.01. The van der Waals surface area contributed by atoms with Gasteiger partial charge in [0.1, 0.15) is 11.9 Å². The first-order valence-corrected chi connectivity index (χ1v) is 7.16. The lowest BCUT2D eigenvalue weighted by Crippen LogP contribution is -2.12. The summed E-state index contributed by atoms with van der Waals surface area (Å²) >= 11 is 0. The summed E-state index contributed by atoms with van der Waals surface area (Å²) in [6, 6.07) is 12.7. The van der Waals surface area contributed by atoms with Crippen LogP contribution >= 0.6 is 0 Å². The molecule has 1 heterocycles. The van der Waals surface area contributed by atoms with Crippen molar-refractivity contribution in [1.82, 2.24) is 0 Å². The number of alkyl halides is 3. The highest BCUT2D eigenvalue weighted by Crippen LogP contribution is 2.40. The van der Waals surface area contributed by atoms with Gasteiger partial charge in [-0.1, -0.05) is 36.9 Å². The smallest absolute Gasteiger partial charge is 0.416 e. The van der Waals surface area contributed by atoms with Gasteiger partial charge in [0.2, 0.25) is 0 Å². The van der Waals surface area contributed by atoms with Gasteiger partial charge in [-0.15, -0.1) is 0 Å². The third-order valence-electron chi connectivity index (χ3n) is 3.73. The van der Waals surface area contributed by atoms with E-state index in [9.17, 15) is 13.2 Å². The molecule has 0 radical (unpaired) electrons. The van der Waals surface area contributed by atoms with E-state index in [-0.39, 0.29) is 6.10 Å². The number of ether oxygens (including phenoxy) is 1. The van der Waals surface area contributed by atoms with Crippen LogP contribution in [0.2, 0.25) is 0 Å². The van der Waals surface area contributed by atoms with E-state index < -0.39 is 11.7 Å². The fraction of sp³-hybridized carbons (Fsp3) is 0.158. The molecule has 0 aromatic heterocycles. The topological polar surface area (TPSA) is 9.23 Å². The SMILES string of the molecule is C=C(C)[C@H]1Oc2ccccc2/C1=C\c1ccc(C(F)(F)F)cc1. The summed E-state index contributed by atoms with van der Waals surface area (Å²) in [4.78, 5) is 0. The molecule has 0 spiro atoms. The number of hydrogen-bond donors (Lipinski definition) is 0. The number of para-hydroxylation sites is 1. The molecule has 1 nitrogen and oxygen atoms in total. The van der Waals surface area contributed by atoms with E-state index in [1.807, 2.05) is 37.3 Å². The Morgan fingerprint density at radius 2 is 1.74 bits per heavy atom. The minimum atomic E-state index is -4.32. The minimum absolute atomic E-state index is 0.283. The Morgan fingerprint density at radius 1 is 1.09 bits per heavy atom. The summed E-state index contributed by atoms with van der Waals surface area (Å²) in [6.07, 6.45) is -2.75. The maximum atomic E-state index is 12.6. The highest BCUT2D eigenvalue weighted by atomic mass is 19.4. The minimum Gasteiger partial charge on any atom is -0.481 e. The predicted octanol–water partition coefficient (Wildman–Crippen LogP) is 5.58. The third kappa shape index (κ3) is 3.02. The van der Waals surface area contributed by atoms with Crippen molar-refractivity contribution in [1.29, 1.82) is 0 Å². The lowest BCUT2D eigenvalue weighted by atomic mass is 9.96. The molecular weight excluding hydrogens is 301 g/mol. The van der Waals surface area contributed by atoms with E-state index in [0.717, 1.165) is 34.6 Å². The molecule has 4 heteroatoms. The second-order valence-corrected chi connectivity index (χ2v) is 5.56. The number of benzene rings is 2.